The summed E-state index contributed by atoms with van der Waals surface area (Å²) >= 11 is 3.40. The van der Waals surface area contributed by atoms with Crippen molar-refractivity contribution in [2.75, 3.05) is 5.32 Å². The van der Waals surface area contributed by atoms with E-state index in [2.05, 4.69) is 42.0 Å². The summed E-state index contributed by atoms with van der Waals surface area (Å²) in [7, 11) is 0. The minimum absolute atomic E-state index is 0.163. The number of nitrogens with one attached hydrogen (secondary N) is 1. The van der Waals surface area contributed by atoms with Gasteiger partial charge < -0.3 is 5.32 Å². The first-order valence-electron chi connectivity index (χ1n) is 7.64. The molecule has 1 aliphatic carbocycles. The molecule has 0 bridgehead atoms. The first-order chi connectivity index (χ1) is 9.42. The van der Waals surface area contributed by atoms with Crippen molar-refractivity contribution in [1.82, 2.24) is 0 Å². The van der Waals surface area contributed by atoms with Crippen LogP contribution in [0.25, 0.3) is 0 Å². The van der Waals surface area contributed by atoms with Crippen molar-refractivity contribution in [2.45, 2.75) is 58.9 Å². The molecule has 2 rings (SSSR count). The quantitative estimate of drug-likeness (QED) is 0.708. The molecule has 20 heavy (non-hydrogen) atoms. The third-order valence-electron chi connectivity index (χ3n) is 5.03. The van der Waals surface area contributed by atoms with Crippen LogP contribution in [-0.2, 0) is 0 Å². The lowest BCUT2D eigenvalue weighted by Gasteiger charge is -2.39. The van der Waals surface area contributed by atoms with Crippen LogP contribution in [0.3, 0.4) is 0 Å². The minimum atomic E-state index is -0.163. The molecule has 1 aliphatic rings. The molecule has 1 aromatic carbocycles. The maximum atomic E-state index is 13.8. The van der Waals surface area contributed by atoms with E-state index in [1.807, 2.05) is 6.07 Å². The summed E-state index contributed by atoms with van der Waals surface area (Å²) in [6, 6.07) is 5.49. The van der Waals surface area contributed by atoms with E-state index in [1.54, 1.807) is 6.07 Å². The Morgan fingerprint density at radius 1 is 1.25 bits per heavy atom. The van der Waals surface area contributed by atoms with Gasteiger partial charge in [-0.15, -0.1) is 0 Å². The summed E-state index contributed by atoms with van der Waals surface area (Å²) in [4.78, 5) is 0. The molecule has 112 valence electrons. The van der Waals surface area contributed by atoms with Gasteiger partial charge in [-0.2, -0.15) is 0 Å². The zero-order valence-corrected chi connectivity index (χ0v) is 14.3. The molecule has 1 aromatic rings. The zero-order valence-electron chi connectivity index (χ0n) is 12.7. The SMILES string of the molecule is CCC(C)(C)C1CCC(Nc2cc(Br)ccc2F)CC1. The van der Waals surface area contributed by atoms with Gasteiger partial charge in [0.1, 0.15) is 5.82 Å². The number of benzene rings is 1. The van der Waals surface area contributed by atoms with E-state index in [9.17, 15) is 4.39 Å². The molecule has 0 amide bonds. The fourth-order valence-corrected chi connectivity index (χ4v) is 3.50. The van der Waals surface area contributed by atoms with Crippen molar-refractivity contribution in [2.24, 2.45) is 11.3 Å². The summed E-state index contributed by atoms with van der Waals surface area (Å²) in [6.45, 7) is 7.03. The van der Waals surface area contributed by atoms with Crippen molar-refractivity contribution < 1.29 is 4.39 Å². The molecule has 0 aromatic heterocycles. The third-order valence-corrected chi connectivity index (χ3v) is 5.52. The summed E-state index contributed by atoms with van der Waals surface area (Å²) in [5.41, 5.74) is 1.06. The van der Waals surface area contributed by atoms with E-state index in [-0.39, 0.29) is 5.82 Å². The lowest BCUT2D eigenvalue weighted by atomic mass is 9.69. The fraction of sp³-hybridized carbons (Fsp3) is 0.647. The summed E-state index contributed by atoms with van der Waals surface area (Å²) < 4.78 is 14.7. The van der Waals surface area contributed by atoms with E-state index < -0.39 is 0 Å². The smallest absolute Gasteiger partial charge is 0.146 e. The normalized spacial score (nSPS) is 23.6. The van der Waals surface area contributed by atoms with Crippen molar-refractivity contribution >= 4 is 21.6 Å². The Balaban J connectivity index is 1.93. The second-order valence-corrected chi connectivity index (χ2v) is 7.57. The number of hydrogen-bond acceptors (Lipinski definition) is 1. The molecule has 1 N–H and O–H groups in total. The van der Waals surface area contributed by atoms with Gasteiger partial charge in [0.25, 0.3) is 0 Å². The van der Waals surface area contributed by atoms with Crippen molar-refractivity contribution in [3.63, 3.8) is 0 Å². The lowest BCUT2D eigenvalue weighted by Crippen LogP contribution is -2.32. The van der Waals surface area contributed by atoms with E-state index >= 15 is 0 Å². The zero-order chi connectivity index (χ0) is 14.8. The molecular weight excluding hydrogens is 317 g/mol. The highest BCUT2D eigenvalue weighted by atomic mass is 79.9. The van der Waals surface area contributed by atoms with Gasteiger partial charge >= 0.3 is 0 Å². The standard InChI is InChI=1S/C17H25BrFN/c1-4-17(2,3)12-5-8-14(9-6-12)20-16-11-13(18)7-10-15(16)19/h7,10-12,14,20H,4-6,8-9H2,1-3H3. The first kappa shape index (κ1) is 15.8. The maximum absolute atomic E-state index is 13.8. The van der Waals surface area contributed by atoms with Gasteiger partial charge in [-0.05, 0) is 55.2 Å². The van der Waals surface area contributed by atoms with Crippen molar-refractivity contribution in [1.29, 1.82) is 0 Å². The third kappa shape index (κ3) is 3.75. The van der Waals surface area contributed by atoms with Crippen LogP contribution in [0, 0.1) is 17.2 Å². The van der Waals surface area contributed by atoms with Crippen LogP contribution in [-0.4, -0.2) is 6.04 Å². The van der Waals surface area contributed by atoms with Crippen LogP contribution < -0.4 is 5.32 Å². The minimum Gasteiger partial charge on any atom is -0.380 e. The average Bonchev–Trinajstić information content (AvgIpc) is 2.43. The van der Waals surface area contributed by atoms with E-state index in [1.165, 1.54) is 25.3 Å². The van der Waals surface area contributed by atoms with Gasteiger partial charge in [-0.3, -0.25) is 0 Å². The Hall–Kier alpha value is -0.570. The monoisotopic (exact) mass is 341 g/mol. The van der Waals surface area contributed by atoms with Crippen LogP contribution in [0.1, 0.15) is 52.9 Å². The Morgan fingerprint density at radius 2 is 1.90 bits per heavy atom. The molecule has 0 heterocycles. The van der Waals surface area contributed by atoms with Gasteiger partial charge in [0.2, 0.25) is 0 Å². The number of halogens is 2. The van der Waals surface area contributed by atoms with Gasteiger partial charge in [-0.25, -0.2) is 4.39 Å². The first-order valence-corrected chi connectivity index (χ1v) is 8.43. The lowest BCUT2D eigenvalue weighted by molar-refractivity contribution is 0.147. The molecule has 1 fully saturated rings. The fourth-order valence-electron chi connectivity index (χ4n) is 3.14. The predicted molar refractivity (Wildman–Crippen MR) is 87.5 cm³/mol. The molecule has 1 nitrogen and oxygen atoms in total. The van der Waals surface area contributed by atoms with Crippen LogP contribution in [0.5, 0.6) is 0 Å². The van der Waals surface area contributed by atoms with Crippen LogP contribution in [0.4, 0.5) is 10.1 Å². The Bertz CT molecular complexity index is 450. The second-order valence-electron chi connectivity index (χ2n) is 6.66. The Kier molecular flexibility index (Phi) is 5.11. The van der Waals surface area contributed by atoms with E-state index in [0.717, 1.165) is 23.2 Å². The maximum Gasteiger partial charge on any atom is 0.146 e. The Morgan fingerprint density at radius 3 is 2.50 bits per heavy atom. The van der Waals surface area contributed by atoms with Crippen LogP contribution in [0.2, 0.25) is 0 Å². The molecule has 0 aliphatic heterocycles. The summed E-state index contributed by atoms with van der Waals surface area (Å²) in [6.07, 6.45) is 6.00. The largest absolute Gasteiger partial charge is 0.380 e. The van der Waals surface area contributed by atoms with Crippen molar-refractivity contribution in [3.05, 3.63) is 28.5 Å². The average molecular weight is 342 g/mol. The highest BCUT2D eigenvalue weighted by molar-refractivity contribution is 9.10. The molecule has 1 saturated carbocycles. The van der Waals surface area contributed by atoms with E-state index in [0.29, 0.717) is 17.1 Å². The van der Waals surface area contributed by atoms with Gasteiger partial charge in [-0.1, -0.05) is 43.1 Å². The number of rotatable bonds is 4. The van der Waals surface area contributed by atoms with Crippen LogP contribution >= 0.6 is 15.9 Å². The second kappa shape index (κ2) is 6.46. The highest BCUT2D eigenvalue weighted by Gasteiger charge is 2.31. The van der Waals surface area contributed by atoms with Crippen molar-refractivity contribution in [3.8, 4) is 0 Å². The molecule has 0 spiro atoms. The number of hydrogen-bond donors (Lipinski definition) is 1. The molecule has 0 radical (unpaired) electrons. The molecular formula is C17H25BrFN. The molecule has 3 heteroatoms. The highest BCUT2D eigenvalue weighted by Crippen LogP contribution is 2.41. The predicted octanol–water partition coefficient (Wildman–Crippen LogP) is 6.00. The van der Waals surface area contributed by atoms with Gasteiger partial charge in [0, 0.05) is 10.5 Å². The molecule has 0 unspecified atom stereocenters. The summed E-state index contributed by atoms with van der Waals surface area (Å²) in [5, 5.41) is 3.37. The van der Waals surface area contributed by atoms with Gasteiger partial charge in [0.15, 0.2) is 0 Å². The topological polar surface area (TPSA) is 12.0 Å². The van der Waals surface area contributed by atoms with E-state index in [4.69, 9.17) is 0 Å². The molecule has 0 atom stereocenters. The molecule has 0 saturated heterocycles. The number of anilines is 1. The Labute approximate surface area is 130 Å². The summed E-state index contributed by atoms with van der Waals surface area (Å²) in [5.74, 6) is 0.641. The van der Waals surface area contributed by atoms with Crippen LogP contribution in [0.15, 0.2) is 22.7 Å². The van der Waals surface area contributed by atoms with Gasteiger partial charge in [0.05, 0.1) is 5.69 Å².